The smallest absolute Gasteiger partial charge is 0.282 e. The second kappa shape index (κ2) is 10.3. The second-order valence-electron chi connectivity index (χ2n) is 4.65. The molecule has 3 aromatic carbocycles. The van der Waals surface area contributed by atoms with Crippen LogP contribution in [0.4, 0.5) is 0 Å². The Kier molecular flexibility index (Phi) is 8.81. The van der Waals surface area contributed by atoms with Crippen LogP contribution >= 0.6 is 18.5 Å². The summed E-state index contributed by atoms with van der Waals surface area (Å²) in [5, 5.41) is 2.79. The van der Waals surface area contributed by atoms with Gasteiger partial charge in [0.25, 0.3) is 10.1 Å². The molecule has 0 aliphatic rings. The second-order valence-corrected chi connectivity index (χ2v) is 7.47. The van der Waals surface area contributed by atoms with E-state index in [0.29, 0.717) is 0 Å². The molecule has 0 aromatic heterocycles. The highest BCUT2D eigenvalue weighted by Gasteiger charge is 2.05. The number of hydrogen-bond acceptors (Lipinski definition) is 2. The maximum atomic E-state index is 10.4. The Balaban J connectivity index is 0.000000238. The third-order valence-corrected chi connectivity index (χ3v) is 4.99. The fraction of sp³-hybridized carbons (Fsp3) is 0. The van der Waals surface area contributed by atoms with Gasteiger partial charge in [-0.3, -0.25) is 4.55 Å². The lowest BCUT2D eigenvalue weighted by Gasteiger charge is -2.00. The Morgan fingerprint density at radius 3 is 1.25 bits per heavy atom. The molecule has 1 N–H and O–H groups in total. The van der Waals surface area contributed by atoms with Crippen molar-refractivity contribution in [3.63, 3.8) is 0 Å². The maximum absolute atomic E-state index is 10.4. The van der Waals surface area contributed by atoms with E-state index >= 15 is 0 Å². The van der Waals surface area contributed by atoms with E-state index in [1.807, 2.05) is 0 Å². The summed E-state index contributed by atoms with van der Waals surface area (Å²) in [6, 6.07) is 28.6. The van der Waals surface area contributed by atoms with Gasteiger partial charge in [0.05, 0.1) is 4.90 Å². The van der Waals surface area contributed by atoms with Crippen molar-refractivity contribution >= 4 is 39.2 Å². The predicted molar refractivity (Wildman–Crippen MR) is 108 cm³/mol. The average molecular weight is 378 g/mol. The standard InChI is InChI=1S/C12H11P.C6H6O3S.H3P/c1-3-7-11(8-4-1)13-12-9-5-2-6-10-12;7-10(8,9)6-4-2-1-3-5-6;/h1-10,13H;1-5H,(H,7,8,9);1H3. The van der Waals surface area contributed by atoms with Gasteiger partial charge in [-0.05, 0) is 22.7 Å². The molecule has 6 heteroatoms. The Morgan fingerprint density at radius 1 is 0.625 bits per heavy atom. The molecule has 0 aliphatic heterocycles. The molecule has 0 bridgehead atoms. The minimum atomic E-state index is -4.00. The summed E-state index contributed by atoms with van der Waals surface area (Å²) in [6.07, 6.45) is 0. The van der Waals surface area contributed by atoms with Gasteiger partial charge >= 0.3 is 0 Å². The summed E-state index contributed by atoms with van der Waals surface area (Å²) >= 11 is 0. The summed E-state index contributed by atoms with van der Waals surface area (Å²) in [7, 11) is -3.23. The first-order chi connectivity index (χ1) is 11.1. The zero-order valence-corrected chi connectivity index (χ0v) is 16.3. The van der Waals surface area contributed by atoms with Crippen LogP contribution in [0.1, 0.15) is 0 Å². The quantitative estimate of drug-likeness (QED) is 0.562. The number of hydrogen-bond donors (Lipinski definition) is 1. The Morgan fingerprint density at radius 2 is 0.958 bits per heavy atom. The Labute approximate surface area is 148 Å². The van der Waals surface area contributed by atoms with E-state index in [4.69, 9.17) is 4.55 Å². The Hall–Kier alpha value is -1.57. The van der Waals surface area contributed by atoms with E-state index in [1.165, 1.54) is 22.7 Å². The molecule has 3 nitrogen and oxygen atoms in total. The van der Waals surface area contributed by atoms with E-state index in [9.17, 15) is 8.42 Å². The van der Waals surface area contributed by atoms with Crippen LogP contribution in [0.3, 0.4) is 0 Å². The SMILES string of the molecule is O=S(=O)(O)c1ccccc1.P.c1ccc(Pc2ccccc2)cc1. The van der Waals surface area contributed by atoms with Gasteiger partial charge in [-0.25, -0.2) is 0 Å². The van der Waals surface area contributed by atoms with E-state index < -0.39 is 10.1 Å². The van der Waals surface area contributed by atoms with Crippen molar-refractivity contribution in [2.45, 2.75) is 4.90 Å². The van der Waals surface area contributed by atoms with Crippen LogP contribution in [-0.2, 0) is 10.1 Å². The van der Waals surface area contributed by atoms with Crippen molar-refractivity contribution in [3.8, 4) is 0 Å². The fourth-order valence-electron chi connectivity index (χ4n) is 1.80. The van der Waals surface area contributed by atoms with E-state index in [1.54, 1.807) is 18.2 Å². The van der Waals surface area contributed by atoms with Crippen LogP contribution in [-0.4, -0.2) is 13.0 Å². The predicted octanol–water partition coefficient (Wildman–Crippen LogP) is 3.31. The fourth-order valence-corrected chi connectivity index (χ4v) is 3.35. The molecule has 0 saturated carbocycles. The molecule has 0 radical (unpaired) electrons. The van der Waals surface area contributed by atoms with Crippen LogP contribution in [0.25, 0.3) is 0 Å². The summed E-state index contributed by atoms with van der Waals surface area (Å²) in [6.45, 7) is 0. The number of benzene rings is 3. The largest absolute Gasteiger partial charge is 0.294 e. The minimum Gasteiger partial charge on any atom is -0.282 e. The monoisotopic (exact) mass is 378 g/mol. The van der Waals surface area contributed by atoms with E-state index in [-0.39, 0.29) is 14.8 Å². The molecular weight excluding hydrogens is 358 g/mol. The van der Waals surface area contributed by atoms with Crippen LogP contribution in [0.5, 0.6) is 0 Å². The molecule has 0 heterocycles. The molecule has 1 unspecified atom stereocenters. The van der Waals surface area contributed by atoms with Crippen molar-refractivity contribution in [2.24, 2.45) is 0 Å². The topological polar surface area (TPSA) is 54.4 Å². The van der Waals surface area contributed by atoms with Gasteiger partial charge in [0.1, 0.15) is 0 Å². The summed E-state index contributed by atoms with van der Waals surface area (Å²) < 4.78 is 29.2. The molecule has 24 heavy (non-hydrogen) atoms. The molecule has 3 aromatic rings. The Bertz CT molecular complexity index is 771. The minimum absolute atomic E-state index is 0. The number of rotatable bonds is 3. The van der Waals surface area contributed by atoms with Gasteiger partial charge in [-0.1, -0.05) is 87.4 Å². The lowest BCUT2D eigenvalue weighted by molar-refractivity contribution is 0.483. The van der Waals surface area contributed by atoms with Crippen molar-refractivity contribution in [1.82, 2.24) is 0 Å². The van der Waals surface area contributed by atoms with Gasteiger partial charge in [0.15, 0.2) is 0 Å². The first-order valence-electron chi connectivity index (χ1n) is 6.95. The van der Waals surface area contributed by atoms with Crippen molar-refractivity contribution < 1.29 is 13.0 Å². The van der Waals surface area contributed by atoms with Crippen molar-refractivity contribution in [3.05, 3.63) is 91.0 Å². The van der Waals surface area contributed by atoms with Gasteiger partial charge < -0.3 is 0 Å². The molecule has 0 fully saturated rings. The molecule has 126 valence electrons. The van der Waals surface area contributed by atoms with Gasteiger partial charge in [-0.15, -0.1) is 0 Å². The van der Waals surface area contributed by atoms with E-state index in [0.717, 1.165) is 8.58 Å². The molecule has 0 spiro atoms. The lowest BCUT2D eigenvalue weighted by atomic mass is 10.4. The van der Waals surface area contributed by atoms with Crippen molar-refractivity contribution in [2.75, 3.05) is 0 Å². The summed E-state index contributed by atoms with van der Waals surface area (Å²) in [5.41, 5.74) is 0. The normalized spacial score (nSPS) is 10.0. The van der Waals surface area contributed by atoms with Crippen molar-refractivity contribution in [1.29, 1.82) is 0 Å². The van der Waals surface area contributed by atoms with Crippen LogP contribution < -0.4 is 10.6 Å². The highest BCUT2D eigenvalue weighted by Crippen LogP contribution is 2.08. The van der Waals surface area contributed by atoms with Gasteiger partial charge in [0.2, 0.25) is 0 Å². The van der Waals surface area contributed by atoms with E-state index in [2.05, 4.69) is 60.7 Å². The summed E-state index contributed by atoms with van der Waals surface area (Å²) in [4.78, 5) is -0.0741. The molecule has 0 amide bonds. The molecule has 0 aliphatic carbocycles. The summed E-state index contributed by atoms with van der Waals surface area (Å²) in [5.74, 6) is 0. The van der Waals surface area contributed by atoms with Crippen LogP contribution in [0.2, 0.25) is 0 Å². The molecular formula is C18H20O3P2S. The van der Waals surface area contributed by atoms with Gasteiger partial charge in [0, 0.05) is 0 Å². The zero-order chi connectivity index (χ0) is 16.5. The lowest BCUT2D eigenvalue weighted by Crippen LogP contribution is -2.01. The zero-order valence-electron chi connectivity index (χ0n) is 13.0. The third-order valence-electron chi connectivity index (χ3n) is 2.88. The molecule has 3 rings (SSSR count). The van der Waals surface area contributed by atoms with Gasteiger partial charge in [-0.2, -0.15) is 18.3 Å². The molecule has 0 saturated heterocycles. The first-order valence-corrected chi connectivity index (χ1v) is 9.39. The maximum Gasteiger partial charge on any atom is 0.294 e. The van der Waals surface area contributed by atoms with Crippen LogP contribution in [0.15, 0.2) is 95.9 Å². The first kappa shape index (κ1) is 20.5. The molecule has 1 atom stereocenters. The third kappa shape index (κ3) is 7.33. The highest BCUT2D eigenvalue weighted by atomic mass is 32.2. The average Bonchev–Trinajstić information content (AvgIpc) is 2.57. The highest BCUT2D eigenvalue weighted by molar-refractivity contribution is 7.85. The van der Waals surface area contributed by atoms with Crippen LogP contribution in [0, 0.1) is 0 Å².